The summed E-state index contributed by atoms with van der Waals surface area (Å²) in [6, 6.07) is 11.6. The fraction of sp³-hybridized carbons (Fsp3) is 0.111. The predicted molar refractivity (Wildman–Crippen MR) is 103 cm³/mol. The third-order valence-corrected chi connectivity index (χ3v) is 3.95. The summed E-state index contributed by atoms with van der Waals surface area (Å²) in [5.74, 6) is 7.72. The molecular formula is C18H18N8O. The Morgan fingerprint density at radius 3 is 2.89 bits per heavy atom. The monoisotopic (exact) mass is 362 g/mol. The first-order valence-corrected chi connectivity index (χ1v) is 8.27. The van der Waals surface area contributed by atoms with Gasteiger partial charge in [-0.2, -0.15) is 0 Å². The van der Waals surface area contributed by atoms with Crippen LogP contribution in [0.3, 0.4) is 0 Å². The van der Waals surface area contributed by atoms with Crippen LogP contribution in [0, 0.1) is 6.92 Å². The quantitative estimate of drug-likeness (QED) is 0.362. The number of benzene rings is 1. The van der Waals surface area contributed by atoms with E-state index in [-0.39, 0.29) is 5.82 Å². The van der Waals surface area contributed by atoms with Crippen molar-refractivity contribution >= 4 is 34.2 Å². The molecule has 0 saturated carbocycles. The van der Waals surface area contributed by atoms with Crippen LogP contribution in [0.2, 0.25) is 0 Å². The number of hydrogen-bond acceptors (Lipinski definition) is 9. The molecule has 0 fully saturated rings. The van der Waals surface area contributed by atoms with Gasteiger partial charge in [-0.1, -0.05) is 17.3 Å². The summed E-state index contributed by atoms with van der Waals surface area (Å²) in [6.07, 6.45) is 3.27. The molecule has 4 aromatic rings. The maximum atomic E-state index is 6.21. The molecule has 0 spiro atoms. The molecule has 9 nitrogen and oxygen atoms in total. The van der Waals surface area contributed by atoms with Crippen molar-refractivity contribution in [3.63, 3.8) is 0 Å². The Hall–Kier alpha value is -3.72. The van der Waals surface area contributed by atoms with Gasteiger partial charge in [0.25, 0.3) is 0 Å². The fourth-order valence-corrected chi connectivity index (χ4v) is 2.70. The third kappa shape index (κ3) is 3.62. The van der Waals surface area contributed by atoms with E-state index >= 15 is 0 Å². The molecule has 4 rings (SSSR count). The van der Waals surface area contributed by atoms with Crippen LogP contribution in [-0.2, 0) is 6.54 Å². The molecule has 5 N–H and O–H groups in total. The Labute approximate surface area is 155 Å². The van der Waals surface area contributed by atoms with Gasteiger partial charge in [-0.3, -0.25) is 9.99 Å². The number of pyridine rings is 1. The smallest absolute Gasteiger partial charge is 0.230 e. The summed E-state index contributed by atoms with van der Waals surface area (Å²) >= 11 is 0. The lowest BCUT2D eigenvalue weighted by Crippen LogP contribution is -2.32. The summed E-state index contributed by atoms with van der Waals surface area (Å²) in [4.78, 5) is 12.9. The molecule has 0 bridgehead atoms. The van der Waals surface area contributed by atoms with E-state index < -0.39 is 0 Å². The van der Waals surface area contributed by atoms with E-state index in [9.17, 15) is 0 Å². The largest absolute Gasteiger partial charge is 0.381 e. The second-order valence-corrected chi connectivity index (χ2v) is 6.08. The number of anilines is 4. The Morgan fingerprint density at radius 1 is 1.19 bits per heavy atom. The first-order valence-electron chi connectivity index (χ1n) is 8.27. The van der Waals surface area contributed by atoms with Crippen molar-refractivity contribution < 1.29 is 4.52 Å². The average molecular weight is 362 g/mol. The maximum absolute atomic E-state index is 6.21. The maximum Gasteiger partial charge on any atom is 0.230 e. The van der Waals surface area contributed by atoms with Gasteiger partial charge in [0.2, 0.25) is 5.88 Å². The molecular weight excluding hydrogens is 344 g/mol. The molecule has 0 aliphatic carbocycles. The van der Waals surface area contributed by atoms with Gasteiger partial charge in [0, 0.05) is 17.6 Å². The van der Waals surface area contributed by atoms with E-state index in [2.05, 4.69) is 25.4 Å². The highest BCUT2D eigenvalue weighted by Crippen LogP contribution is 2.23. The lowest BCUT2D eigenvalue weighted by Gasteiger charge is -2.19. The minimum absolute atomic E-state index is 0.235. The highest BCUT2D eigenvalue weighted by molar-refractivity contribution is 5.79. The van der Waals surface area contributed by atoms with E-state index in [1.807, 2.05) is 37.3 Å². The van der Waals surface area contributed by atoms with Gasteiger partial charge in [-0.05, 0) is 30.7 Å². The van der Waals surface area contributed by atoms with Gasteiger partial charge in [0.1, 0.15) is 0 Å². The van der Waals surface area contributed by atoms with E-state index in [0.29, 0.717) is 24.1 Å². The standard InChI is InChI=1S/C18H18N8O/c1-11-7-16(27-25-11)23-15-9-22-17(19)18(24-15)26(20)10-12-4-5-14-13(8-12)3-2-6-21-14/h2-9H,10,20H2,1H3,(H2,19,22)(H,23,24). The van der Waals surface area contributed by atoms with Crippen LogP contribution in [-0.4, -0.2) is 20.1 Å². The zero-order chi connectivity index (χ0) is 18.8. The van der Waals surface area contributed by atoms with Gasteiger partial charge in [0.05, 0.1) is 24.0 Å². The molecule has 3 aromatic heterocycles. The second-order valence-electron chi connectivity index (χ2n) is 6.08. The lowest BCUT2D eigenvalue weighted by atomic mass is 10.1. The molecule has 0 radical (unpaired) electrons. The molecule has 0 aliphatic rings. The average Bonchev–Trinajstić information content (AvgIpc) is 3.08. The Kier molecular flexibility index (Phi) is 4.27. The fourth-order valence-electron chi connectivity index (χ4n) is 2.70. The summed E-state index contributed by atoms with van der Waals surface area (Å²) < 4.78 is 5.12. The van der Waals surface area contributed by atoms with Gasteiger partial charge in [-0.25, -0.2) is 15.8 Å². The number of aromatic nitrogens is 4. The van der Waals surface area contributed by atoms with Gasteiger partial charge < -0.3 is 15.6 Å². The highest BCUT2D eigenvalue weighted by atomic mass is 16.5. The molecule has 0 atom stereocenters. The first-order chi connectivity index (χ1) is 13.1. The van der Waals surface area contributed by atoms with Crippen molar-refractivity contribution in [2.45, 2.75) is 13.5 Å². The van der Waals surface area contributed by atoms with E-state index in [0.717, 1.165) is 22.2 Å². The zero-order valence-electron chi connectivity index (χ0n) is 14.6. The summed E-state index contributed by atoms with van der Waals surface area (Å²) in [5, 5.41) is 9.30. The number of nitrogens with one attached hydrogen (secondary N) is 1. The van der Waals surface area contributed by atoms with Crippen molar-refractivity contribution in [3.05, 3.63) is 60.0 Å². The highest BCUT2D eigenvalue weighted by Gasteiger charge is 2.13. The molecule has 27 heavy (non-hydrogen) atoms. The van der Waals surface area contributed by atoms with Crippen LogP contribution < -0.4 is 21.9 Å². The SMILES string of the molecule is Cc1cc(Nc2cnc(N)c(N(N)Cc3ccc4ncccc4c3)n2)on1. The predicted octanol–water partition coefficient (Wildman–Crippen LogP) is 2.53. The van der Waals surface area contributed by atoms with Crippen molar-refractivity contribution in [1.29, 1.82) is 0 Å². The third-order valence-electron chi connectivity index (χ3n) is 3.95. The van der Waals surface area contributed by atoms with Crippen LogP contribution >= 0.6 is 0 Å². The summed E-state index contributed by atoms with van der Waals surface area (Å²) in [7, 11) is 0. The second kappa shape index (κ2) is 6.89. The van der Waals surface area contributed by atoms with Gasteiger partial charge in [-0.15, -0.1) is 0 Å². The number of nitrogens with two attached hydrogens (primary N) is 2. The molecule has 9 heteroatoms. The first kappa shape index (κ1) is 16.7. The number of aryl methyl sites for hydroxylation is 1. The molecule has 0 amide bonds. The van der Waals surface area contributed by atoms with Gasteiger partial charge >= 0.3 is 0 Å². The number of hydrogen-bond donors (Lipinski definition) is 3. The van der Waals surface area contributed by atoms with Crippen molar-refractivity contribution in [1.82, 2.24) is 20.1 Å². The molecule has 3 heterocycles. The van der Waals surface area contributed by atoms with Crippen LogP contribution in [0.5, 0.6) is 0 Å². The van der Waals surface area contributed by atoms with Crippen molar-refractivity contribution in [2.24, 2.45) is 5.84 Å². The molecule has 136 valence electrons. The number of fused-ring (bicyclic) bond motifs is 1. The Bertz CT molecular complexity index is 1090. The normalized spacial score (nSPS) is 10.9. The number of rotatable bonds is 5. The van der Waals surface area contributed by atoms with Gasteiger partial charge in [0.15, 0.2) is 17.5 Å². The minimum Gasteiger partial charge on any atom is -0.381 e. The molecule has 0 saturated heterocycles. The molecule has 0 aliphatic heterocycles. The summed E-state index contributed by atoms with van der Waals surface area (Å²) in [5.41, 5.74) is 8.65. The topological polar surface area (TPSA) is 132 Å². The summed E-state index contributed by atoms with van der Waals surface area (Å²) in [6.45, 7) is 2.24. The number of nitrogens with zero attached hydrogens (tertiary/aromatic N) is 5. The minimum atomic E-state index is 0.235. The zero-order valence-corrected chi connectivity index (χ0v) is 14.6. The van der Waals surface area contributed by atoms with Crippen LogP contribution in [0.1, 0.15) is 11.3 Å². The van der Waals surface area contributed by atoms with Crippen LogP contribution in [0.25, 0.3) is 10.9 Å². The van der Waals surface area contributed by atoms with E-state index in [1.54, 1.807) is 12.3 Å². The van der Waals surface area contributed by atoms with E-state index in [4.69, 9.17) is 16.1 Å². The van der Waals surface area contributed by atoms with Crippen LogP contribution in [0.4, 0.5) is 23.3 Å². The lowest BCUT2D eigenvalue weighted by molar-refractivity contribution is 0.429. The van der Waals surface area contributed by atoms with Crippen molar-refractivity contribution in [2.75, 3.05) is 16.1 Å². The number of hydrazine groups is 1. The molecule has 0 unspecified atom stereocenters. The Morgan fingerprint density at radius 2 is 2.07 bits per heavy atom. The Balaban J connectivity index is 1.56. The molecule has 1 aromatic carbocycles. The van der Waals surface area contributed by atoms with Crippen molar-refractivity contribution in [3.8, 4) is 0 Å². The van der Waals surface area contributed by atoms with Crippen LogP contribution in [0.15, 0.2) is 53.3 Å². The van der Waals surface area contributed by atoms with E-state index in [1.165, 1.54) is 11.2 Å². The number of nitrogen functional groups attached to an aromatic ring is 1.